The number of hydrogen-bond donors (Lipinski definition) is 0. The summed E-state index contributed by atoms with van der Waals surface area (Å²) >= 11 is 1.96. The van der Waals surface area contributed by atoms with Crippen molar-refractivity contribution in [2.45, 2.75) is 38.4 Å². The molecule has 3 nitrogen and oxygen atoms in total. The molecule has 1 heterocycles. The van der Waals surface area contributed by atoms with Gasteiger partial charge in [-0.15, -0.1) is 10.2 Å². The Hall–Kier alpha value is -0.510. The van der Waals surface area contributed by atoms with Crippen molar-refractivity contribution >= 4 is 11.8 Å². The molecule has 2 aliphatic carbocycles. The first-order chi connectivity index (χ1) is 7.81. The van der Waals surface area contributed by atoms with Crippen LogP contribution in [0.3, 0.4) is 0 Å². The maximum Gasteiger partial charge on any atom is 0.226 e. The number of aryl methyl sites for hydroxylation is 1. The standard InChI is InChI=1S/C12H18N2OS/c1-8-13-14-12(15-8)7-16-6-11-5-9-2-3-10(11)4-9/h9-11H,2-7H2,1H3/t9-,10-,11+/m0/s1. The van der Waals surface area contributed by atoms with Gasteiger partial charge in [-0.1, -0.05) is 6.42 Å². The van der Waals surface area contributed by atoms with Crippen LogP contribution in [0.25, 0.3) is 0 Å². The summed E-state index contributed by atoms with van der Waals surface area (Å²) in [7, 11) is 0. The molecule has 0 N–H and O–H groups in total. The zero-order valence-corrected chi connectivity index (χ0v) is 10.5. The molecule has 0 aromatic carbocycles. The highest BCUT2D eigenvalue weighted by Crippen LogP contribution is 2.49. The first-order valence-electron chi connectivity index (χ1n) is 6.18. The number of hydrogen-bond acceptors (Lipinski definition) is 4. The number of rotatable bonds is 4. The molecular formula is C12H18N2OS. The van der Waals surface area contributed by atoms with E-state index in [1.54, 1.807) is 0 Å². The van der Waals surface area contributed by atoms with Crippen molar-refractivity contribution in [3.63, 3.8) is 0 Å². The second-order valence-electron chi connectivity index (χ2n) is 5.16. The minimum atomic E-state index is 0.676. The van der Waals surface area contributed by atoms with E-state index in [0.29, 0.717) is 5.89 Å². The molecule has 0 amide bonds. The molecule has 3 atom stereocenters. The Bertz CT molecular complexity index is 366. The molecule has 0 aliphatic heterocycles. The Kier molecular flexibility index (Phi) is 2.92. The third kappa shape index (κ3) is 2.12. The number of fused-ring (bicyclic) bond motifs is 2. The van der Waals surface area contributed by atoms with Gasteiger partial charge in [-0.2, -0.15) is 11.8 Å². The summed E-state index contributed by atoms with van der Waals surface area (Å²) in [4.78, 5) is 0. The molecule has 1 aromatic rings. The average molecular weight is 238 g/mol. The van der Waals surface area contributed by atoms with Crippen molar-refractivity contribution in [3.8, 4) is 0 Å². The minimum absolute atomic E-state index is 0.676. The third-order valence-corrected chi connectivity index (χ3v) is 5.12. The molecule has 1 aromatic heterocycles. The zero-order valence-electron chi connectivity index (χ0n) is 9.69. The molecule has 2 fully saturated rings. The van der Waals surface area contributed by atoms with Crippen LogP contribution in [0.15, 0.2) is 4.42 Å². The molecule has 2 bridgehead atoms. The summed E-state index contributed by atoms with van der Waals surface area (Å²) < 4.78 is 5.37. The fraction of sp³-hybridized carbons (Fsp3) is 0.833. The van der Waals surface area contributed by atoms with Crippen LogP contribution >= 0.6 is 11.8 Å². The van der Waals surface area contributed by atoms with E-state index in [4.69, 9.17) is 4.42 Å². The van der Waals surface area contributed by atoms with Gasteiger partial charge in [0.05, 0.1) is 5.75 Å². The van der Waals surface area contributed by atoms with E-state index in [-0.39, 0.29) is 0 Å². The van der Waals surface area contributed by atoms with Gasteiger partial charge >= 0.3 is 0 Å². The molecule has 0 unspecified atom stereocenters. The smallest absolute Gasteiger partial charge is 0.226 e. The van der Waals surface area contributed by atoms with Crippen LogP contribution in [-0.4, -0.2) is 16.0 Å². The zero-order chi connectivity index (χ0) is 11.0. The topological polar surface area (TPSA) is 38.9 Å². The van der Waals surface area contributed by atoms with E-state index in [1.807, 2.05) is 18.7 Å². The highest BCUT2D eigenvalue weighted by molar-refractivity contribution is 7.98. The number of nitrogens with zero attached hydrogens (tertiary/aromatic N) is 2. The van der Waals surface area contributed by atoms with Crippen LogP contribution in [0.2, 0.25) is 0 Å². The summed E-state index contributed by atoms with van der Waals surface area (Å²) in [6, 6.07) is 0. The van der Waals surface area contributed by atoms with Gasteiger partial charge in [0.1, 0.15) is 0 Å². The summed E-state index contributed by atoms with van der Waals surface area (Å²) in [5.41, 5.74) is 0. The molecular weight excluding hydrogens is 220 g/mol. The van der Waals surface area contributed by atoms with E-state index in [9.17, 15) is 0 Å². The first kappa shape index (κ1) is 10.6. The Morgan fingerprint density at radius 3 is 2.88 bits per heavy atom. The van der Waals surface area contributed by atoms with Gasteiger partial charge in [-0.25, -0.2) is 0 Å². The lowest BCUT2D eigenvalue weighted by molar-refractivity contribution is 0.365. The van der Waals surface area contributed by atoms with Crippen molar-refractivity contribution in [3.05, 3.63) is 11.8 Å². The normalized spacial score (nSPS) is 32.4. The van der Waals surface area contributed by atoms with E-state index < -0.39 is 0 Å². The highest BCUT2D eigenvalue weighted by atomic mass is 32.2. The maximum atomic E-state index is 5.37. The van der Waals surface area contributed by atoms with Crippen molar-refractivity contribution in [2.75, 3.05) is 5.75 Å². The second kappa shape index (κ2) is 4.40. The van der Waals surface area contributed by atoms with Gasteiger partial charge in [-0.05, 0) is 42.8 Å². The third-order valence-electron chi connectivity index (χ3n) is 4.01. The van der Waals surface area contributed by atoms with Crippen LogP contribution in [0.4, 0.5) is 0 Å². The van der Waals surface area contributed by atoms with Crippen LogP contribution in [0, 0.1) is 24.7 Å². The summed E-state index contributed by atoms with van der Waals surface area (Å²) in [6.45, 7) is 1.84. The maximum absolute atomic E-state index is 5.37. The van der Waals surface area contributed by atoms with Gasteiger partial charge in [0.25, 0.3) is 0 Å². The van der Waals surface area contributed by atoms with E-state index in [1.165, 1.54) is 31.4 Å². The Morgan fingerprint density at radius 1 is 1.31 bits per heavy atom. The van der Waals surface area contributed by atoms with Crippen LogP contribution < -0.4 is 0 Å². The van der Waals surface area contributed by atoms with E-state index in [0.717, 1.165) is 29.4 Å². The molecule has 0 spiro atoms. The molecule has 0 radical (unpaired) electrons. The Balaban J connectivity index is 1.44. The predicted molar refractivity (Wildman–Crippen MR) is 64.1 cm³/mol. The number of aromatic nitrogens is 2. The lowest BCUT2D eigenvalue weighted by Crippen LogP contribution is -2.12. The molecule has 2 aliphatic rings. The summed E-state index contributed by atoms with van der Waals surface area (Å²) in [6.07, 6.45) is 5.95. The summed E-state index contributed by atoms with van der Waals surface area (Å²) in [5.74, 6) is 6.68. The fourth-order valence-corrected chi connectivity index (χ4v) is 4.39. The second-order valence-corrected chi connectivity index (χ2v) is 6.20. The van der Waals surface area contributed by atoms with Crippen LogP contribution in [0.1, 0.15) is 37.5 Å². The Labute approximate surface area is 100 Å². The first-order valence-corrected chi connectivity index (χ1v) is 7.33. The Morgan fingerprint density at radius 2 is 2.25 bits per heavy atom. The minimum Gasteiger partial charge on any atom is -0.425 e. The highest BCUT2D eigenvalue weighted by Gasteiger charge is 2.38. The van der Waals surface area contributed by atoms with Crippen molar-refractivity contribution in [1.29, 1.82) is 0 Å². The van der Waals surface area contributed by atoms with Crippen LogP contribution in [-0.2, 0) is 5.75 Å². The monoisotopic (exact) mass is 238 g/mol. The van der Waals surface area contributed by atoms with Gasteiger partial charge in [0.2, 0.25) is 11.8 Å². The molecule has 3 rings (SSSR count). The average Bonchev–Trinajstić information content (AvgIpc) is 2.94. The van der Waals surface area contributed by atoms with Crippen molar-refractivity contribution in [2.24, 2.45) is 17.8 Å². The van der Waals surface area contributed by atoms with E-state index in [2.05, 4.69) is 10.2 Å². The lowest BCUT2D eigenvalue weighted by atomic mass is 9.90. The van der Waals surface area contributed by atoms with E-state index >= 15 is 0 Å². The summed E-state index contributed by atoms with van der Waals surface area (Å²) in [5, 5.41) is 7.87. The van der Waals surface area contributed by atoms with Crippen molar-refractivity contribution in [1.82, 2.24) is 10.2 Å². The van der Waals surface area contributed by atoms with Crippen LogP contribution in [0.5, 0.6) is 0 Å². The van der Waals surface area contributed by atoms with Gasteiger partial charge in [0.15, 0.2) is 0 Å². The molecule has 2 saturated carbocycles. The molecule has 0 saturated heterocycles. The molecule has 16 heavy (non-hydrogen) atoms. The van der Waals surface area contributed by atoms with Gasteiger partial charge < -0.3 is 4.42 Å². The SMILES string of the molecule is Cc1nnc(CSC[C@H]2C[C@H]3CC[C@H]2C3)o1. The van der Waals surface area contributed by atoms with Gasteiger partial charge in [-0.3, -0.25) is 0 Å². The predicted octanol–water partition coefficient (Wildman–Crippen LogP) is 3.05. The fourth-order valence-electron chi connectivity index (χ4n) is 3.27. The number of thioether (sulfide) groups is 1. The molecule has 88 valence electrons. The lowest BCUT2D eigenvalue weighted by Gasteiger charge is -2.20. The quantitative estimate of drug-likeness (QED) is 0.808. The van der Waals surface area contributed by atoms with Gasteiger partial charge in [0, 0.05) is 6.92 Å². The largest absolute Gasteiger partial charge is 0.425 e. The van der Waals surface area contributed by atoms with Crippen molar-refractivity contribution < 1.29 is 4.42 Å². The molecule has 4 heteroatoms.